The molecule has 0 bridgehead atoms. The van der Waals surface area contributed by atoms with Gasteiger partial charge in [0.1, 0.15) is 11.8 Å². The Hall–Kier alpha value is -3.98. The topological polar surface area (TPSA) is 76.6 Å². The van der Waals surface area contributed by atoms with E-state index in [-0.39, 0.29) is 0 Å². The molecule has 6 heteroatoms. The smallest absolute Gasteiger partial charge is 0.122 e. The third-order valence-corrected chi connectivity index (χ3v) is 4.35. The first kappa shape index (κ1) is 17.4. The lowest BCUT2D eigenvalue weighted by molar-refractivity contribution is 0.413. The summed E-state index contributed by atoms with van der Waals surface area (Å²) in [6.45, 7) is 0.551. The van der Waals surface area contributed by atoms with Crippen molar-refractivity contribution in [3.8, 4) is 34.3 Å². The molecule has 136 valence electrons. The molecule has 0 aliphatic heterocycles. The van der Waals surface area contributed by atoms with E-state index in [1.54, 1.807) is 31.6 Å². The van der Waals surface area contributed by atoms with Gasteiger partial charge in [-0.05, 0) is 30.3 Å². The molecular weight excluding hydrogens is 350 g/mol. The van der Waals surface area contributed by atoms with Gasteiger partial charge in [-0.1, -0.05) is 18.2 Å². The van der Waals surface area contributed by atoms with Gasteiger partial charge in [0, 0.05) is 35.8 Å². The Bertz CT molecular complexity index is 1160. The number of benzene rings is 1. The van der Waals surface area contributed by atoms with Gasteiger partial charge >= 0.3 is 0 Å². The summed E-state index contributed by atoms with van der Waals surface area (Å²) in [4.78, 5) is 8.72. The lowest BCUT2D eigenvalue weighted by Gasteiger charge is -2.05. The first-order valence-corrected chi connectivity index (χ1v) is 8.75. The predicted molar refractivity (Wildman–Crippen MR) is 106 cm³/mol. The van der Waals surface area contributed by atoms with Crippen molar-refractivity contribution in [3.63, 3.8) is 0 Å². The molecule has 0 unspecified atom stereocenters. The lowest BCUT2D eigenvalue weighted by Crippen LogP contribution is -2.02. The summed E-state index contributed by atoms with van der Waals surface area (Å²) in [6, 6.07) is 19.3. The second kappa shape index (κ2) is 7.72. The predicted octanol–water partition coefficient (Wildman–Crippen LogP) is 3.94. The van der Waals surface area contributed by atoms with Crippen LogP contribution < -0.4 is 4.74 Å². The normalized spacial score (nSPS) is 10.4. The molecule has 28 heavy (non-hydrogen) atoms. The highest BCUT2D eigenvalue weighted by Gasteiger charge is 2.09. The molecule has 0 aliphatic rings. The van der Waals surface area contributed by atoms with Crippen LogP contribution in [0.4, 0.5) is 0 Å². The maximum Gasteiger partial charge on any atom is 0.122 e. The SMILES string of the molecule is COc1ccnc(Cn2ccc(-c3cccc(-c4ncccc4C#N)c3)n2)c1. The molecule has 0 amide bonds. The molecular formula is C22H17N5O. The van der Waals surface area contributed by atoms with Crippen LogP contribution in [0, 0.1) is 11.3 Å². The third kappa shape index (κ3) is 3.60. The monoisotopic (exact) mass is 367 g/mol. The van der Waals surface area contributed by atoms with Crippen LogP contribution in [0.2, 0.25) is 0 Å². The van der Waals surface area contributed by atoms with Gasteiger partial charge in [-0.3, -0.25) is 14.6 Å². The highest BCUT2D eigenvalue weighted by Crippen LogP contribution is 2.26. The molecule has 0 spiro atoms. The maximum atomic E-state index is 9.33. The number of nitrogens with zero attached hydrogens (tertiary/aromatic N) is 5. The fraction of sp³-hybridized carbons (Fsp3) is 0.0909. The number of hydrogen-bond donors (Lipinski definition) is 0. The zero-order chi connectivity index (χ0) is 19.3. The Morgan fingerprint density at radius 3 is 2.75 bits per heavy atom. The van der Waals surface area contributed by atoms with Crippen molar-refractivity contribution in [1.82, 2.24) is 19.7 Å². The van der Waals surface area contributed by atoms with Crippen LogP contribution in [0.3, 0.4) is 0 Å². The van der Waals surface area contributed by atoms with Gasteiger partial charge in [0.15, 0.2) is 0 Å². The molecule has 1 aromatic carbocycles. The van der Waals surface area contributed by atoms with E-state index in [9.17, 15) is 5.26 Å². The maximum absolute atomic E-state index is 9.33. The zero-order valence-corrected chi connectivity index (χ0v) is 15.3. The van der Waals surface area contributed by atoms with Crippen molar-refractivity contribution in [2.24, 2.45) is 0 Å². The van der Waals surface area contributed by atoms with Crippen molar-refractivity contribution < 1.29 is 4.74 Å². The summed E-state index contributed by atoms with van der Waals surface area (Å²) < 4.78 is 7.08. The Kier molecular flexibility index (Phi) is 4.81. The van der Waals surface area contributed by atoms with E-state index in [4.69, 9.17) is 4.74 Å². The van der Waals surface area contributed by atoms with E-state index in [0.717, 1.165) is 28.3 Å². The quantitative estimate of drug-likeness (QED) is 0.534. The van der Waals surface area contributed by atoms with Crippen LogP contribution >= 0.6 is 0 Å². The van der Waals surface area contributed by atoms with E-state index < -0.39 is 0 Å². The van der Waals surface area contributed by atoms with Gasteiger partial charge in [-0.15, -0.1) is 0 Å². The molecule has 3 aromatic heterocycles. The van der Waals surface area contributed by atoms with Gasteiger partial charge < -0.3 is 4.74 Å². The molecule has 0 atom stereocenters. The average molecular weight is 367 g/mol. The average Bonchev–Trinajstić information content (AvgIpc) is 3.22. The molecule has 0 N–H and O–H groups in total. The molecule has 0 saturated heterocycles. The summed E-state index contributed by atoms with van der Waals surface area (Å²) >= 11 is 0. The Morgan fingerprint density at radius 1 is 1.00 bits per heavy atom. The number of rotatable bonds is 5. The highest BCUT2D eigenvalue weighted by molar-refractivity contribution is 5.72. The van der Waals surface area contributed by atoms with Crippen LogP contribution in [0.25, 0.3) is 22.5 Å². The number of ether oxygens (including phenoxy) is 1. The summed E-state index contributed by atoms with van der Waals surface area (Å²) in [7, 11) is 1.64. The standard InChI is InChI=1S/C22H17N5O/c1-28-20-7-10-24-19(13-20)15-27-11-8-21(26-27)16-4-2-5-17(12-16)22-18(14-23)6-3-9-25-22/h2-13H,15H2,1H3. The van der Waals surface area contributed by atoms with Crippen LogP contribution in [-0.4, -0.2) is 26.9 Å². The van der Waals surface area contributed by atoms with Gasteiger partial charge in [0.2, 0.25) is 0 Å². The fourth-order valence-corrected chi connectivity index (χ4v) is 2.99. The first-order valence-electron chi connectivity index (χ1n) is 8.75. The van der Waals surface area contributed by atoms with Crippen molar-refractivity contribution in [2.45, 2.75) is 6.54 Å². The second-order valence-electron chi connectivity index (χ2n) is 6.18. The van der Waals surface area contributed by atoms with Gasteiger partial charge in [-0.2, -0.15) is 10.4 Å². The zero-order valence-electron chi connectivity index (χ0n) is 15.3. The van der Waals surface area contributed by atoms with E-state index >= 15 is 0 Å². The van der Waals surface area contributed by atoms with Crippen molar-refractivity contribution in [2.75, 3.05) is 7.11 Å². The number of pyridine rings is 2. The molecule has 0 saturated carbocycles. The van der Waals surface area contributed by atoms with Crippen molar-refractivity contribution in [1.29, 1.82) is 5.26 Å². The van der Waals surface area contributed by atoms with Crippen molar-refractivity contribution >= 4 is 0 Å². The number of hydrogen-bond acceptors (Lipinski definition) is 5. The highest BCUT2D eigenvalue weighted by atomic mass is 16.5. The minimum Gasteiger partial charge on any atom is -0.497 e. The molecule has 6 nitrogen and oxygen atoms in total. The molecule has 0 fully saturated rings. The Balaban J connectivity index is 1.61. The van der Waals surface area contributed by atoms with Gasteiger partial charge in [0.05, 0.1) is 36.3 Å². The van der Waals surface area contributed by atoms with Gasteiger partial charge in [-0.25, -0.2) is 0 Å². The third-order valence-electron chi connectivity index (χ3n) is 4.35. The Morgan fingerprint density at radius 2 is 1.89 bits per heavy atom. The molecule has 3 heterocycles. The van der Waals surface area contributed by atoms with E-state index in [2.05, 4.69) is 21.1 Å². The van der Waals surface area contributed by atoms with E-state index in [1.165, 1.54) is 0 Å². The van der Waals surface area contributed by atoms with Crippen LogP contribution in [0.5, 0.6) is 5.75 Å². The number of nitriles is 1. The van der Waals surface area contributed by atoms with Crippen molar-refractivity contribution in [3.05, 3.63) is 84.4 Å². The van der Waals surface area contributed by atoms with Gasteiger partial charge in [0.25, 0.3) is 0 Å². The Labute approximate surface area is 162 Å². The van der Waals surface area contributed by atoms with E-state index in [0.29, 0.717) is 17.8 Å². The lowest BCUT2D eigenvalue weighted by atomic mass is 10.0. The summed E-state index contributed by atoms with van der Waals surface area (Å²) in [6.07, 6.45) is 5.34. The number of aromatic nitrogens is 4. The second-order valence-corrected chi connectivity index (χ2v) is 6.18. The largest absolute Gasteiger partial charge is 0.497 e. The summed E-state index contributed by atoms with van der Waals surface area (Å²) in [5.41, 5.74) is 4.79. The first-order chi connectivity index (χ1) is 13.8. The molecule has 4 aromatic rings. The number of methoxy groups -OCH3 is 1. The van der Waals surface area contributed by atoms with Crippen LogP contribution in [-0.2, 0) is 6.54 Å². The molecule has 0 radical (unpaired) electrons. The minimum absolute atomic E-state index is 0.550. The van der Waals surface area contributed by atoms with Crippen LogP contribution in [0.15, 0.2) is 73.2 Å². The van der Waals surface area contributed by atoms with E-state index in [1.807, 2.05) is 53.3 Å². The molecule has 4 rings (SSSR count). The summed E-state index contributed by atoms with van der Waals surface area (Å²) in [5, 5.41) is 14.0. The molecule has 0 aliphatic carbocycles. The van der Waals surface area contributed by atoms with Crippen LogP contribution in [0.1, 0.15) is 11.3 Å². The summed E-state index contributed by atoms with van der Waals surface area (Å²) in [5.74, 6) is 0.772. The minimum atomic E-state index is 0.550. The fourth-order valence-electron chi connectivity index (χ4n) is 2.99.